The molecule has 1 atom stereocenters. The molecule has 0 aromatic heterocycles. The molecular formula is C21H27N3O5S2. The Morgan fingerprint density at radius 3 is 1.97 bits per heavy atom. The number of rotatable bonds is 6. The first kappa shape index (κ1) is 23.4. The molecule has 2 aromatic carbocycles. The van der Waals surface area contributed by atoms with Gasteiger partial charge >= 0.3 is 0 Å². The van der Waals surface area contributed by atoms with E-state index in [1.807, 2.05) is 6.92 Å². The van der Waals surface area contributed by atoms with Crippen molar-refractivity contribution in [2.45, 2.75) is 17.9 Å². The first-order valence-corrected chi connectivity index (χ1v) is 13.1. The SMILES string of the molecule is Cc1ccc(S(=O)(=O)N2CCN(C(=O)C(c3ccccc3)N(C)S(C)(=O)=O)CC2)cc1. The standard InChI is InChI=1S/C21H27N3O5S2/c1-17-9-11-19(12-10-17)31(28,29)24-15-13-23(14-16-24)21(25)20(22(2)30(3,26)27)18-7-5-4-6-8-18/h4-12,20H,13-16H2,1-3H3. The second-order valence-electron chi connectivity index (χ2n) is 7.63. The van der Waals surface area contributed by atoms with Crippen molar-refractivity contribution in [3.8, 4) is 0 Å². The molecule has 0 saturated carbocycles. The number of hydrogen-bond acceptors (Lipinski definition) is 5. The smallest absolute Gasteiger partial charge is 0.245 e. The van der Waals surface area contributed by atoms with E-state index in [1.54, 1.807) is 54.6 Å². The van der Waals surface area contributed by atoms with Crippen LogP contribution in [0.3, 0.4) is 0 Å². The molecule has 3 rings (SSSR count). The summed E-state index contributed by atoms with van der Waals surface area (Å²) in [5.41, 5.74) is 1.53. The highest BCUT2D eigenvalue weighted by molar-refractivity contribution is 7.89. The van der Waals surface area contributed by atoms with Crippen LogP contribution in [0.4, 0.5) is 0 Å². The van der Waals surface area contributed by atoms with Gasteiger partial charge in [0.15, 0.2) is 0 Å². The second-order valence-corrected chi connectivity index (χ2v) is 11.6. The van der Waals surface area contributed by atoms with Crippen molar-refractivity contribution in [1.82, 2.24) is 13.5 Å². The number of amides is 1. The van der Waals surface area contributed by atoms with Gasteiger partial charge in [-0.1, -0.05) is 48.0 Å². The summed E-state index contributed by atoms with van der Waals surface area (Å²) >= 11 is 0. The number of benzene rings is 2. The van der Waals surface area contributed by atoms with E-state index in [-0.39, 0.29) is 37.0 Å². The molecule has 1 fully saturated rings. The number of carbonyl (C=O) groups excluding carboxylic acids is 1. The lowest BCUT2D eigenvalue weighted by Crippen LogP contribution is -2.53. The zero-order chi connectivity index (χ0) is 22.8. The van der Waals surface area contributed by atoms with Gasteiger partial charge in [-0.05, 0) is 24.6 Å². The van der Waals surface area contributed by atoms with Crippen LogP contribution in [0.1, 0.15) is 17.2 Å². The fourth-order valence-electron chi connectivity index (χ4n) is 3.52. The maximum Gasteiger partial charge on any atom is 0.245 e. The van der Waals surface area contributed by atoms with Crippen molar-refractivity contribution in [2.24, 2.45) is 0 Å². The number of nitrogens with zero attached hydrogens (tertiary/aromatic N) is 3. The number of likely N-dealkylation sites (N-methyl/N-ethyl adjacent to an activating group) is 1. The third kappa shape index (κ3) is 5.15. The van der Waals surface area contributed by atoms with E-state index in [9.17, 15) is 21.6 Å². The second kappa shape index (κ2) is 9.07. The van der Waals surface area contributed by atoms with Crippen molar-refractivity contribution in [3.05, 3.63) is 65.7 Å². The molecule has 31 heavy (non-hydrogen) atoms. The molecule has 10 heteroatoms. The summed E-state index contributed by atoms with van der Waals surface area (Å²) in [4.78, 5) is 15.1. The van der Waals surface area contributed by atoms with Crippen molar-refractivity contribution in [3.63, 3.8) is 0 Å². The first-order valence-electron chi connectivity index (χ1n) is 9.85. The molecule has 0 spiro atoms. The number of piperazine rings is 1. The van der Waals surface area contributed by atoms with Crippen LogP contribution in [0.15, 0.2) is 59.5 Å². The minimum absolute atomic E-state index is 0.145. The highest BCUT2D eigenvalue weighted by Gasteiger charge is 2.37. The van der Waals surface area contributed by atoms with E-state index in [4.69, 9.17) is 0 Å². The number of hydrogen-bond donors (Lipinski definition) is 0. The van der Waals surface area contributed by atoms with Crippen molar-refractivity contribution >= 4 is 26.0 Å². The normalized spacial score (nSPS) is 17.0. The van der Waals surface area contributed by atoms with Gasteiger partial charge in [-0.3, -0.25) is 4.79 Å². The van der Waals surface area contributed by atoms with Crippen LogP contribution < -0.4 is 0 Å². The van der Waals surface area contributed by atoms with Gasteiger partial charge in [-0.25, -0.2) is 16.8 Å². The molecule has 2 aromatic rings. The highest BCUT2D eigenvalue weighted by Crippen LogP contribution is 2.26. The van der Waals surface area contributed by atoms with E-state index in [0.717, 1.165) is 16.1 Å². The van der Waals surface area contributed by atoms with Gasteiger partial charge in [0.05, 0.1) is 11.2 Å². The van der Waals surface area contributed by atoms with Crippen molar-refractivity contribution in [2.75, 3.05) is 39.5 Å². The summed E-state index contributed by atoms with van der Waals surface area (Å²) < 4.78 is 52.6. The van der Waals surface area contributed by atoms with Crippen LogP contribution in [-0.2, 0) is 24.8 Å². The predicted molar refractivity (Wildman–Crippen MR) is 118 cm³/mol. The van der Waals surface area contributed by atoms with Crippen molar-refractivity contribution < 1.29 is 21.6 Å². The summed E-state index contributed by atoms with van der Waals surface area (Å²) in [7, 11) is -5.90. The Bertz CT molecular complexity index is 1130. The molecule has 1 saturated heterocycles. The number of carbonyl (C=O) groups is 1. The lowest BCUT2D eigenvalue weighted by atomic mass is 10.1. The van der Waals surface area contributed by atoms with Gasteiger partial charge in [-0.15, -0.1) is 0 Å². The molecule has 1 aliphatic heterocycles. The lowest BCUT2D eigenvalue weighted by Gasteiger charge is -2.37. The quantitative estimate of drug-likeness (QED) is 0.644. The topological polar surface area (TPSA) is 95.1 Å². The average Bonchev–Trinajstić information content (AvgIpc) is 2.74. The molecule has 1 amide bonds. The molecular weight excluding hydrogens is 438 g/mol. The highest BCUT2D eigenvalue weighted by atomic mass is 32.2. The molecule has 1 heterocycles. The Labute approximate surface area is 184 Å². The Kier molecular flexibility index (Phi) is 6.85. The molecule has 0 radical (unpaired) electrons. The van der Waals surface area contributed by atoms with Gasteiger partial charge in [0.1, 0.15) is 6.04 Å². The predicted octanol–water partition coefficient (Wildman–Crippen LogP) is 1.46. The van der Waals surface area contributed by atoms with Gasteiger partial charge in [0.25, 0.3) is 0 Å². The minimum Gasteiger partial charge on any atom is -0.338 e. The maximum absolute atomic E-state index is 13.3. The molecule has 0 bridgehead atoms. The molecule has 8 nitrogen and oxygen atoms in total. The summed E-state index contributed by atoms with van der Waals surface area (Å²) in [6.07, 6.45) is 1.06. The van der Waals surface area contributed by atoms with Crippen LogP contribution in [0.5, 0.6) is 0 Å². The van der Waals surface area contributed by atoms with Crippen LogP contribution in [0.25, 0.3) is 0 Å². The largest absolute Gasteiger partial charge is 0.338 e. The molecule has 0 N–H and O–H groups in total. The third-order valence-corrected chi connectivity index (χ3v) is 8.61. The van der Waals surface area contributed by atoms with Crippen LogP contribution >= 0.6 is 0 Å². The lowest BCUT2D eigenvalue weighted by molar-refractivity contribution is -0.136. The van der Waals surface area contributed by atoms with E-state index >= 15 is 0 Å². The fraction of sp³-hybridized carbons (Fsp3) is 0.381. The zero-order valence-corrected chi connectivity index (χ0v) is 19.4. The van der Waals surface area contributed by atoms with Crippen molar-refractivity contribution in [1.29, 1.82) is 0 Å². The maximum atomic E-state index is 13.3. The summed E-state index contributed by atoms with van der Waals surface area (Å²) in [6.45, 7) is 2.55. The number of sulfonamides is 2. The molecule has 0 aliphatic carbocycles. The van der Waals surface area contributed by atoms with Gasteiger partial charge in [-0.2, -0.15) is 8.61 Å². The zero-order valence-electron chi connectivity index (χ0n) is 17.8. The molecule has 1 unspecified atom stereocenters. The first-order chi connectivity index (χ1) is 14.5. The third-order valence-electron chi connectivity index (χ3n) is 5.45. The molecule has 168 valence electrons. The van der Waals surface area contributed by atoms with Crippen LogP contribution in [0, 0.1) is 6.92 Å². The summed E-state index contributed by atoms with van der Waals surface area (Å²) in [5.74, 6) is -0.369. The van der Waals surface area contributed by atoms with Gasteiger partial charge < -0.3 is 4.90 Å². The average molecular weight is 466 g/mol. The summed E-state index contributed by atoms with van der Waals surface area (Å²) in [6, 6.07) is 14.4. The number of aryl methyl sites for hydroxylation is 1. The Balaban J connectivity index is 1.78. The molecule has 1 aliphatic rings. The van der Waals surface area contributed by atoms with E-state index < -0.39 is 26.1 Å². The Morgan fingerprint density at radius 2 is 1.45 bits per heavy atom. The minimum atomic E-state index is -3.65. The van der Waals surface area contributed by atoms with E-state index in [1.165, 1.54) is 16.3 Å². The van der Waals surface area contributed by atoms with Crippen LogP contribution in [-0.4, -0.2) is 75.7 Å². The fourth-order valence-corrected chi connectivity index (χ4v) is 5.53. The van der Waals surface area contributed by atoms with E-state index in [0.29, 0.717) is 5.56 Å². The van der Waals surface area contributed by atoms with Gasteiger partial charge in [0.2, 0.25) is 26.0 Å². The monoisotopic (exact) mass is 465 g/mol. The van der Waals surface area contributed by atoms with Gasteiger partial charge in [0, 0.05) is 33.2 Å². The Morgan fingerprint density at radius 1 is 0.903 bits per heavy atom. The Hall–Kier alpha value is -2.27. The summed E-state index contributed by atoms with van der Waals surface area (Å²) in [5, 5.41) is 0. The van der Waals surface area contributed by atoms with E-state index in [2.05, 4.69) is 0 Å². The van der Waals surface area contributed by atoms with Crippen LogP contribution in [0.2, 0.25) is 0 Å².